The zero-order chi connectivity index (χ0) is 20.2. The molecule has 1 N–H and O–H groups in total. The van der Waals surface area contributed by atoms with Crippen LogP contribution in [-0.2, 0) is 21.4 Å². The van der Waals surface area contributed by atoms with Crippen molar-refractivity contribution in [2.24, 2.45) is 0 Å². The van der Waals surface area contributed by atoms with E-state index in [1.54, 1.807) is 6.07 Å². The summed E-state index contributed by atoms with van der Waals surface area (Å²) >= 11 is 5.88. The Labute approximate surface area is 165 Å². The van der Waals surface area contributed by atoms with E-state index >= 15 is 0 Å². The maximum Gasteiger partial charge on any atom is 0.242 e. The summed E-state index contributed by atoms with van der Waals surface area (Å²) in [7, 11) is 1.23. The first kappa shape index (κ1) is 21.4. The summed E-state index contributed by atoms with van der Waals surface area (Å²) in [4.78, 5) is 14.4. The summed E-state index contributed by atoms with van der Waals surface area (Å²) in [6.45, 7) is 2.59. The van der Waals surface area contributed by atoms with E-state index in [2.05, 4.69) is 5.32 Å². The number of hydrogen-bond acceptors (Lipinski definition) is 4. The molecule has 0 saturated heterocycles. The summed E-state index contributed by atoms with van der Waals surface area (Å²) in [5.41, 5.74) is 2.33. The third-order valence-electron chi connectivity index (χ3n) is 4.04. The number of benzene rings is 2. The molecule has 2 aromatic carbocycles. The maximum absolute atomic E-state index is 12.4. The summed E-state index contributed by atoms with van der Waals surface area (Å²) in [5.74, 6) is -0.214. The molecule has 0 heterocycles. The maximum atomic E-state index is 12.4. The molecule has 1 amide bonds. The Morgan fingerprint density at radius 2 is 1.70 bits per heavy atom. The number of amides is 1. The second-order valence-corrected chi connectivity index (χ2v) is 9.20. The summed E-state index contributed by atoms with van der Waals surface area (Å²) < 4.78 is 25.7. The molecule has 0 fully saturated rings. The highest BCUT2D eigenvalue weighted by Gasteiger charge is 2.19. The molecule has 146 valence electrons. The van der Waals surface area contributed by atoms with Gasteiger partial charge in [0.25, 0.3) is 0 Å². The molecule has 2 rings (SSSR count). The quantitative estimate of drug-likeness (QED) is 0.763. The van der Waals surface area contributed by atoms with Crippen molar-refractivity contribution in [3.63, 3.8) is 0 Å². The Bertz CT molecular complexity index is 912. The summed E-state index contributed by atoms with van der Waals surface area (Å²) in [6.07, 6.45) is 0. The van der Waals surface area contributed by atoms with Gasteiger partial charge in [0.2, 0.25) is 15.9 Å². The largest absolute Gasteiger partial charge is 0.325 e. The Morgan fingerprint density at radius 1 is 1.07 bits per heavy atom. The predicted molar refractivity (Wildman–Crippen MR) is 108 cm³/mol. The molecular weight excluding hydrogens is 386 g/mol. The minimum absolute atomic E-state index is 0.142. The van der Waals surface area contributed by atoms with Crippen molar-refractivity contribution in [1.82, 2.24) is 9.21 Å². The highest BCUT2D eigenvalue weighted by molar-refractivity contribution is 7.89. The van der Waals surface area contributed by atoms with Gasteiger partial charge in [-0.3, -0.25) is 9.69 Å². The molecule has 0 unspecified atom stereocenters. The van der Waals surface area contributed by atoms with Gasteiger partial charge in [-0.1, -0.05) is 29.8 Å². The molecule has 0 aliphatic carbocycles. The molecule has 0 spiro atoms. The molecule has 0 bridgehead atoms. The number of hydrogen-bond donors (Lipinski definition) is 1. The lowest BCUT2D eigenvalue weighted by molar-refractivity contribution is -0.117. The monoisotopic (exact) mass is 409 g/mol. The lowest BCUT2D eigenvalue weighted by Gasteiger charge is -2.18. The number of nitrogens with one attached hydrogen (secondary N) is 1. The van der Waals surface area contributed by atoms with Crippen LogP contribution in [0.4, 0.5) is 5.69 Å². The SMILES string of the molecule is Cc1ccc(S(=O)(=O)N(C)C)cc1NC(=O)CN(C)Cc1ccc(Cl)cc1. The number of rotatable bonds is 7. The van der Waals surface area contributed by atoms with Gasteiger partial charge in [0, 0.05) is 31.4 Å². The minimum Gasteiger partial charge on any atom is -0.325 e. The van der Waals surface area contributed by atoms with Crippen molar-refractivity contribution in [2.75, 3.05) is 33.0 Å². The van der Waals surface area contributed by atoms with Gasteiger partial charge in [-0.05, 0) is 49.4 Å². The standard InChI is InChI=1S/C19H24ClN3O3S/c1-14-5-10-17(27(25,26)22(2)3)11-18(14)21-19(24)13-23(4)12-15-6-8-16(20)9-7-15/h5-11H,12-13H2,1-4H3,(H,21,24). The third kappa shape index (κ3) is 5.77. The third-order valence-corrected chi connectivity index (χ3v) is 6.10. The van der Waals surface area contributed by atoms with Crippen LogP contribution in [0.15, 0.2) is 47.4 Å². The molecule has 6 nitrogen and oxygen atoms in total. The van der Waals surface area contributed by atoms with Gasteiger partial charge in [-0.15, -0.1) is 0 Å². The van der Waals surface area contributed by atoms with Crippen LogP contribution in [0, 0.1) is 6.92 Å². The topological polar surface area (TPSA) is 69.7 Å². The number of sulfonamides is 1. The van der Waals surface area contributed by atoms with Gasteiger partial charge < -0.3 is 5.32 Å². The average molecular weight is 410 g/mol. The Morgan fingerprint density at radius 3 is 2.30 bits per heavy atom. The first-order chi connectivity index (χ1) is 12.6. The van der Waals surface area contributed by atoms with Gasteiger partial charge >= 0.3 is 0 Å². The van der Waals surface area contributed by atoms with Crippen LogP contribution in [0.5, 0.6) is 0 Å². The van der Waals surface area contributed by atoms with Crippen LogP contribution >= 0.6 is 11.6 Å². The van der Waals surface area contributed by atoms with Crippen molar-refractivity contribution in [3.05, 3.63) is 58.6 Å². The molecule has 27 heavy (non-hydrogen) atoms. The lowest BCUT2D eigenvalue weighted by Crippen LogP contribution is -2.30. The second kappa shape index (κ2) is 8.84. The van der Waals surface area contributed by atoms with Gasteiger partial charge in [-0.25, -0.2) is 12.7 Å². The average Bonchev–Trinajstić information content (AvgIpc) is 2.58. The van der Waals surface area contributed by atoms with Crippen molar-refractivity contribution in [2.45, 2.75) is 18.4 Å². The number of carbonyl (C=O) groups excluding carboxylic acids is 1. The van der Waals surface area contributed by atoms with Crippen molar-refractivity contribution in [3.8, 4) is 0 Å². The molecule has 0 aliphatic heterocycles. The van der Waals surface area contributed by atoms with Crippen LogP contribution < -0.4 is 5.32 Å². The zero-order valence-electron chi connectivity index (χ0n) is 15.9. The lowest BCUT2D eigenvalue weighted by atomic mass is 10.2. The molecule has 2 aromatic rings. The molecule has 0 radical (unpaired) electrons. The number of nitrogens with zero attached hydrogens (tertiary/aromatic N) is 2. The highest BCUT2D eigenvalue weighted by Crippen LogP contribution is 2.22. The number of halogens is 1. The van der Waals surface area contributed by atoms with E-state index in [0.29, 0.717) is 17.3 Å². The number of aryl methyl sites for hydroxylation is 1. The predicted octanol–water partition coefficient (Wildman–Crippen LogP) is 2.97. The Hall–Kier alpha value is -1.93. The van der Waals surface area contributed by atoms with E-state index in [9.17, 15) is 13.2 Å². The molecule has 0 aromatic heterocycles. The summed E-state index contributed by atoms with van der Waals surface area (Å²) in [5, 5.41) is 3.47. The van der Waals surface area contributed by atoms with E-state index in [1.165, 1.54) is 26.2 Å². The minimum atomic E-state index is -3.56. The fourth-order valence-electron chi connectivity index (χ4n) is 2.50. The highest BCUT2D eigenvalue weighted by atomic mass is 35.5. The Balaban J connectivity index is 2.05. The van der Waals surface area contributed by atoms with Gasteiger partial charge in [-0.2, -0.15) is 0 Å². The first-order valence-corrected chi connectivity index (χ1v) is 10.2. The van der Waals surface area contributed by atoms with E-state index in [0.717, 1.165) is 15.4 Å². The fraction of sp³-hybridized carbons (Fsp3) is 0.316. The smallest absolute Gasteiger partial charge is 0.242 e. The van der Waals surface area contributed by atoms with Crippen molar-refractivity contribution < 1.29 is 13.2 Å². The molecule has 0 atom stereocenters. The van der Waals surface area contributed by atoms with Crippen LogP contribution in [0.3, 0.4) is 0 Å². The van der Waals surface area contributed by atoms with Gasteiger partial charge in [0.05, 0.1) is 11.4 Å². The van der Waals surface area contributed by atoms with Crippen LogP contribution in [0.25, 0.3) is 0 Å². The van der Waals surface area contributed by atoms with Gasteiger partial charge in [0.15, 0.2) is 0 Å². The molecule has 0 aliphatic rings. The van der Waals surface area contributed by atoms with E-state index in [4.69, 9.17) is 11.6 Å². The van der Waals surface area contributed by atoms with E-state index in [-0.39, 0.29) is 17.3 Å². The van der Waals surface area contributed by atoms with Crippen LogP contribution in [0.1, 0.15) is 11.1 Å². The molecular formula is C19H24ClN3O3S. The number of likely N-dealkylation sites (N-methyl/N-ethyl adjacent to an activating group) is 1. The second-order valence-electron chi connectivity index (χ2n) is 6.61. The number of anilines is 1. The van der Waals surface area contributed by atoms with Gasteiger partial charge in [0.1, 0.15) is 0 Å². The normalized spacial score (nSPS) is 11.8. The fourth-order valence-corrected chi connectivity index (χ4v) is 3.55. The zero-order valence-corrected chi connectivity index (χ0v) is 17.4. The van der Waals surface area contributed by atoms with Crippen molar-refractivity contribution in [1.29, 1.82) is 0 Å². The first-order valence-electron chi connectivity index (χ1n) is 8.35. The van der Waals surface area contributed by atoms with E-state index in [1.807, 2.05) is 43.1 Å². The van der Waals surface area contributed by atoms with Crippen LogP contribution in [-0.4, -0.2) is 51.2 Å². The van der Waals surface area contributed by atoms with E-state index < -0.39 is 10.0 Å². The van der Waals surface area contributed by atoms with Crippen molar-refractivity contribution >= 4 is 33.2 Å². The van der Waals surface area contributed by atoms with Crippen LogP contribution in [0.2, 0.25) is 5.02 Å². The molecule has 8 heteroatoms. The summed E-state index contributed by atoms with van der Waals surface area (Å²) in [6, 6.07) is 12.2. The Kier molecular flexibility index (Phi) is 7.00. The molecule has 0 saturated carbocycles. The number of carbonyl (C=O) groups is 1.